The van der Waals surface area contributed by atoms with E-state index in [2.05, 4.69) is 33.8 Å². The Kier molecular flexibility index (Phi) is 5.36. The van der Waals surface area contributed by atoms with Gasteiger partial charge in [-0.05, 0) is 24.0 Å². The van der Waals surface area contributed by atoms with Crippen LogP contribution in [0.1, 0.15) is 33.3 Å². The van der Waals surface area contributed by atoms with Crippen LogP contribution < -0.4 is 5.73 Å². The molecule has 0 aliphatic rings. The van der Waals surface area contributed by atoms with Gasteiger partial charge in [-0.3, -0.25) is 0 Å². The molecule has 0 fully saturated rings. The van der Waals surface area contributed by atoms with Crippen molar-refractivity contribution >= 4 is 23.4 Å². The third kappa shape index (κ3) is 4.53. The van der Waals surface area contributed by atoms with Crippen molar-refractivity contribution < 1.29 is 0 Å². The molecule has 2 unspecified atom stereocenters. The molecule has 17 heavy (non-hydrogen) atoms. The monoisotopic (exact) mass is 271 g/mol. The zero-order valence-electron chi connectivity index (χ0n) is 11.0. The molecule has 0 radical (unpaired) electrons. The lowest BCUT2D eigenvalue weighted by atomic mass is 9.88. The van der Waals surface area contributed by atoms with E-state index in [0.717, 1.165) is 10.8 Å². The van der Waals surface area contributed by atoms with E-state index in [1.54, 1.807) is 0 Å². The van der Waals surface area contributed by atoms with Crippen molar-refractivity contribution in [3.8, 4) is 0 Å². The van der Waals surface area contributed by atoms with Gasteiger partial charge in [0.25, 0.3) is 0 Å². The summed E-state index contributed by atoms with van der Waals surface area (Å²) >= 11 is 8.05. The van der Waals surface area contributed by atoms with Crippen LogP contribution in [0.15, 0.2) is 24.3 Å². The van der Waals surface area contributed by atoms with Gasteiger partial charge in [0.15, 0.2) is 0 Å². The van der Waals surface area contributed by atoms with E-state index in [0.29, 0.717) is 5.25 Å². The number of benzene rings is 1. The number of nitrogens with two attached hydrogens (primary N) is 1. The Balaban J connectivity index is 2.68. The Morgan fingerprint density at radius 3 is 2.35 bits per heavy atom. The average Bonchev–Trinajstić information content (AvgIpc) is 2.18. The van der Waals surface area contributed by atoms with E-state index in [1.165, 1.54) is 5.56 Å². The van der Waals surface area contributed by atoms with Gasteiger partial charge >= 0.3 is 0 Å². The average molecular weight is 272 g/mol. The highest BCUT2D eigenvalue weighted by Gasteiger charge is 2.28. The van der Waals surface area contributed by atoms with Crippen molar-refractivity contribution in [1.82, 2.24) is 0 Å². The fourth-order valence-electron chi connectivity index (χ4n) is 1.99. The van der Waals surface area contributed by atoms with Gasteiger partial charge in [0.1, 0.15) is 0 Å². The minimum absolute atomic E-state index is 0.183. The first kappa shape index (κ1) is 14.9. The molecule has 2 N–H and O–H groups in total. The summed E-state index contributed by atoms with van der Waals surface area (Å²) in [6, 6.07) is 8.19. The molecule has 0 spiro atoms. The molecule has 3 heteroatoms. The smallest absolute Gasteiger partial charge is 0.0446 e. The van der Waals surface area contributed by atoms with E-state index in [-0.39, 0.29) is 11.5 Å². The summed E-state index contributed by atoms with van der Waals surface area (Å²) in [5.74, 6) is 0.920. The van der Waals surface area contributed by atoms with Gasteiger partial charge in [-0.1, -0.05) is 50.6 Å². The maximum Gasteiger partial charge on any atom is 0.0446 e. The van der Waals surface area contributed by atoms with Gasteiger partial charge in [-0.2, -0.15) is 11.8 Å². The fourth-order valence-corrected chi connectivity index (χ4v) is 3.68. The van der Waals surface area contributed by atoms with E-state index >= 15 is 0 Å². The second-order valence-electron chi connectivity index (χ2n) is 5.55. The highest BCUT2D eigenvalue weighted by molar-refractivity contribution is 7.99. The lowest BCUT2D eigenvalue weighted by molar-refractivity contribution is 0.363. The van der Waals surface area contributed by atoms with E-state index in [1.807, 2.05) is 30.0 Å². The van der Waals surface area contributed by atoms with Crippen LogP contribution in [0.25, 0.3) is 0 Å². The second kappa shape index (κ2) is 6.12. The first-order valence-corrected chi connectivity index (χ1v) is 7.35. The standard InChI is InChI=1S/C14H22ClNS/c1-10(16)13(14(2,3)4)17-9-11-7-5-6-8-12(11)15/h5-8,10,13H,9,16H2,1-4H3. The highest BCUT2D eigenvalue weighted by atomic mass is 35.5. The van der Waals surface area contributed by atoms with Gasteiger partial charge in [0.2, 0.25) is 0 Å². The molecule has 2 atom stereocenters. The fraction of sp³-hybridized carbons (Fsp3) is 0.571. The van der Waals surface area contributed by atoms with Gasteiger partial charge < -0.3 is 5.73 Å². The van der Waals surface area contributed by atoms with Crippen LogP contribution in [0, 0.1) is 5.41 Å². The summed E-state index contributed by atoms with van der Waals surface area (Å²) in [5.41, 5.74) is 7.47. The number of thioether (sulfide) groups is 1. The Morgan fingerprint density at radius 1 is 1.29 bits per heavy atom. The lowest BCUT2D eigenvalue weighted by Gasteiger charge is -2.33. The maximum absolute atomic E-state index is 6.16. The minimum Gasteiger partial charge on any atom is -0.327 e. The first-order chi connectivity index (χ1) is 7.82. The molecule has 0 saturated heterocycles. The zero-order chi connectivity index (χ0) is 13.1. The molecule has 1 aromatic carbocycles. The molecule has 0 aromatic heterocycles. The molecule has 0 heterocycles. The van der Waals surface area contributed by atoms with Crippen LogP contribution in [0.3, 0.4) is 0 Å². The Hall–Kier alpha value is -0.180. The molecule has 1 rings (SSSR count). The summed E-state index contributed by atoms with van der Waals surface area (Å²) in [4.78, 5) is 0. The van der Waals surface area contributed by atoms with Crippen LogP contribution in [-0.4, -0.2) is 11.3 Å². The summed E-state index contributed by atoms with van der Waals surface area (Å²) in [6.07, 6.45) is 0. The van der Waals surface area contributed by atoms with Crippen LogP contribution in [0.2, 0.25) is 5.02 Å². The van der Waals surface area contributed by atoms with E-state index < -0.39 is 0 Å². The van der Waals surface area contributed by atoms with Gasteiger partial charge in [0, 0.05) is 22.1 Å². The van der Waals surface area contributed by atoms with Crippen molar-refractivity contribution in [1.29, 1.82) is 0 Å². The topological polar surface area (TPSA) is 26.0 Å². The molecular formula is C14H22ClNS. The second-order valence-corrected chi connectivity index (χ2v) is 7.09. The van der Waals surface area contributed by atoms with Crippen molar-refractivity contribution in [2.24, 2.45) is 11.1 Å². The summed E-state index contributed by atoms with van der Waals surface area (Å²) in [6.45, 7) is 8.79. The van der Waals surface area contributed by atoms with Crippen LogP contribution in [-0.2, 0) is 5.75 Å². The number of halogens is 1. The first-order valence-electron chi connectivity index (χ1n) is 5.93. The van der Waals surface area contributed by atoms with Crippen LogP contribution >= 0.6 is 23.4 Å². The predicted octanol–water partition coefficient (Wildman–Crippen LogP) is 4.34. The van der Waals surface area contributed by atoms with E-state index in [9.17, 15) is 0 Å². The molecular weight excluding hydrogens is 250 g/mol. The van der Waals surface area contributed by atoms with Crippen molar-refractivity contribution in [2.45, 2.75) is 44.7 Å². The third-order valence-corrected chi connectivity index (χ3v) is 5.05. The highest BCUT2D eigenvalue weighted by Crippen LogP contribution is 2.35. The quantitative estimate of drug-likeness (QED) is 0.882. The van der Waals surface area contributed by atoms with Crippen LogP contribution in [0.4, 0.5) is 0 Å². The Labute approximate surface area is 114 Å². The van der Waals surface area contributed by atoms with E-state index in [4.69, 9.17) is 17.3 Å². The normalized spacial score (nSPS) is 15.6. The van der Waals surface area contributed by atoms with Gasteiger partial charge in [0.05, 0.1) is 0 Å². The number of rotatable bonds is 4. The SMILES string of the molecule is CC(N)C(SCc1ccccc1Cl)C(C)(C)C. The van der Waals surface area contributed by atoms with Crippen molar-refractivity contribution in [3.05, 3.63) is 34.9 Å². The Morgan fingerprint density at radius 2 is 1.88 bits per heavy atom. The molecule has 0 aliphatic carbocycles. The maximum atomic E-state index is 6.16. The number of hydrogen-bond donors (Lipinski definition) is 1. The third-order valence-electron chi connectivity index (χ3n) is 2.71. The zero-order valence-corrected chi connectivity index (χ0v) is 12.6. The molecule has 0 amide bonds. The summed E-state index contributed by atoms with van der Waals surface area (Å²) in [5, 5.41) is 1.27. The molecule has 0 saturated carbocycles. The number of hydrogen-bond acceptors (Lipinski definition) is 2. The van der Waals surface area contributed by atoms with Gasteiger partial charge in [-0.25, -0.2) is 0 Å². The summed E-state index contributed by atoms with van der Waals surface area (Å²) < 4.78 is 0. The lowest BCUT2D eigenvalue weighted by Crippen LogP contribution is -2.39. The molecule has 0 bridgehead atoms. The molecule has 0 aliphatic heterocycles. The molecule has 1 aromatic rings. The minimum atomic E-state index is 0.183. The van der Waals surface area contributed by atoms with Gasteiger partial charge in [-0.15, -0.1) is 0 Å². The van der Waals surface area contributed by atoms with Crippen molar-refractivity contribution in [2.75, 3.05) is 0 Å². The van der Waals surface area contributed by atoms with Crippen LogP contribution in [0.5, 0.6) is 0 Å². The predicted molar refractivity (Wildman–Crippen MR) is 79.6 cm³/mol. The Bertz CT molecular complexity index is 357. The summed E-state index contributed by atoms with van der Waals surface area (Å²) in [7, 11) is 0. The largest absolute Gasteiger partial charge is 0.327 e. The van der Waals surface area contributed by atoms with Crippen molar-refractivity contribution in [3.63, 3.8) is 0 Å². The molecule has 1 nitrogen and oxygen atoms in total. The molecule has 96 valence electrons.